The predicted molar refractivity (Wildman–Crippen MR) is 79.8 cm³/mol. The van der Waals surface area contributed by atoms with Gasteiger partial charge in [-0.15, -0.1) is 0 Å². The molecule has 2 aromatic carbocycles. The van der Waals surface area contributed by atoms with Gasteiger partial charge in [-0.2, -0.15) is 0 Å². The lowest BCUT2D eigenvalue weighted by Gasteiger charge is -2.06. The first kappa shape index (κ1) is 14.1. The Bertz CT molecular complexity index is 669. The molecule has 4 heteroatoms. The van der Waals surface area contributed by atoms with Crippen molar-refractivity contribution in [2.75, 3.05) is 11.9 Å². The summed E-state index contributed by atoms with van der Waals surface area (Å²) in [6.45, 7) is -0.186. The van der Waals surface area contributed by atoms with E-state index in [9.17, 15) is 4.79 Å². The monoisotopic (exact) mass is 285 g/mol. The summed E-state index contributed by atoms with van der Waals surface area (Å²) in [5, 5.41) is 11.8. The maximum Gasteiger partial charge on any atom is 0.255 e. The summed E-state index contributed by atoms with van der Waals surface area (Å²) in [5.41, 5.74) is 1.83. The van der Waals surface area contributed by atoms with E-state index >= 15 is 0 Å². The number of hydrogen-bond donors (Lipinski definition) is 2. The highest BCUT2D eigenvalue weighted by Gasteiger charge is 2.07. The third-order valence-corrected chi connectivity index (χ3v) is 2.91. The van der Waals surface area contributed by atoms with Crippen LogP contribution in [-0.4, -0.2) is 17.6 Å². The lowest BCUT2D eigenvalue weighted by atomic mass is 10.1. The van der Waals surface area contributed by atoms with Gasteiger partial charge in [0.2, 0.25) is 0 Å². The first-order valence-electron chi connectivity index (χ1n) is 5.96. The van der Waals surface area contributed by atoms with Gasteiger partial charge in [-0.3, -0.25) is 4.79 Å². The van der Waals surface area contributed by atoms with Crippen LogP contribution in [-0.2, 0) is 0 Å². The minimum absolute atomic E-state index is 0.186. The number of hydrogen-bond acceptors (Lipinski definition) is 2. The first-order valence-corrected chi connectivity index (χ1v) is 6.34. The van der Waals surface area contributed by atoms with E-state index in [1.54, 1.807) is 48.5 Å². The van der Waals surface area contributed by atoms with E-state index in [2.05, 4.69) is 17.2 Å². The molecule has 0 aliphatic heterocycles. The van der Waals surface area contributed by atoms with Crippen molar-refractivity contribution in [1.29, 1.82) is 0 Å². The summed E-state index contributed by atoms with van der Waals surface area (Å²) in [5.74, 6) is 5.08. The van der Waals surface area contributed by atoms with Gasteiger partial charge in [-0.1, -0.05) is 35.6 Å². The average molecular weight is 286 g/mol. The van der Waals surface area contributed by atoms with Crippen LogP contribution >= 0.6 is 11.6 Å². The van der Waals surface area contributed by atoms with Crippen LogP contribution in [0, 0.1) is 11.8 Å². The van der Waals surface area contributed by atoms with E-state index < -0.39 is 0 Å². The van der Waals surface area contributed by atoms with Crippen molar-refractivity contribution in [2.45, 2.75) is 0 Å². The van der Waals surface area contributed by atoms with Crippen LogP contribution in [0.3, 0.4) is 0 Å². The number of benzene rings is 2. The van der Waals surface area contributed by atoms with Gasteiger partial charge in [-0.25, -0.2) is 0 Å². The van der Waals surface area contributed by atoms with Gasteiger partial charge in [0.1, 0.15) is 6.61 Å². The minimum Gasteiger partial charge on any atom is -0.384 e. The Morgan fingerprint density at radius 1 is 1.15 bits per heavy atom. The number of nitrogens with one attached hydrogen (secondary N) is 1. The quantitative estimate of drug-likeness (QED) is 0.834. The molecule has 3 nitrogen and oxygen atoms in total. The maximum absolute atomic E-state index is 12.0. The Kier molecular flexibility index (Phi) is 4.78. The van der Waals surface area contributed by atoms with E-state index in [-0.39, 0.29) is 12.5 Å². The zero-order valence-electron chi connectivity index (χ0n) is 10.6. The number of anilines is 1. The largest absolute Gasteiger partial charge is 0.384 e. The second-order valence-electron chi connectivity index (χ2n) is 3.97. The summed E-state index contributed by atoms with van der Waals surface area (Å²) in [6, 6.07) is 13.9. The van der Waals surface area contributed by atoms with Crippen LogP contribution in [0.1, 0.15) is 15.9 Å². The molecule has 0 saturated heterocycles. The average Bonchev–Trinajstić information content (AvgIpc) is 2.48. The van der Waals surface area contributed by atoms with Gasteiger partial charge in [0.05, 0.1) is 10.7 Å². The first-order chi connectivity index (χ1) is 9.70. The van der Waals surface area contributed by atoms with Crippen molar-refractivity contribution < 1.29 is 9.90 Å². The van der Waals surface area contributed by atoms with Crippen molar-refractivity contribution in [3.8, 4) is 11.8 Å². The zero-order valence-corrected chi connectivity index (χ0v) is 11.3. The van der Waals surface area contributed by atoms with Crippen molar-refractivity contribution >= 4 is 23.2 Å². The molecule has 100 valence electrons. The Morgan fingerprint density at radius 2 is 1.85 bits per heavy atom. The van der Waals surface area contributed by atoms with Gasteiger partial charge < -0.3 is 10.4 Å². The molecule has 1 amide bonds. The van der Waals surface area contributed by atoms with Gasteiger partial charge in [0.15, 0.2) is 0 Å². The molecule has 0 aromatic heterocycles. The minimum atomic E-state index is -0.236. The van der Waals surface area contributed by atoms with E-state index in [1.807, 2.05) is 0 Å². The number of amides is 1. The molecule has 0 heterocycles. The predicted octanol–water partition coefficient (Wildman–Crippen LogP) is 2.94. The molecule has 0 spiro atoms. The van der Waals surface area contributed by atoms with Gasteiger partial charge in [0, 0.05) is 11.1 Å². The number of rotatable bonds is 2. The third-order valence-electron chi connectivity index (χ3n) is 2.58. The molecule has 2 rings (SSSR count). The molecule has 2 aromatic rings. The number of aliphatic hydroxyl groups excluding tert-OH is 1. The summed E-state index contributed by atoms with van der Waals surface area (Å²) < 4.78 is 0. The van der Waals surface area contributed by atoms with Crippen molar-refractivity contribution in [3.63, 3.8) is 0 Å². The Morgan fingerprint density at radius 3 is 2.50 bits per heavy atom. The van der Waals surface area contributed by atoms with Crippen molar-refractivity contribution in [2.24, 2.45) is 0 Å². The SMILES string of the molecule is O=C(Nc1ccccc1Cl)c1ccc(C#CCO)cc1. The van der Waals surface area contributed by atoms with Crippen LogP contribution < -0.4 is 5.32 Å². The van der Waals surface area contributed by atoms with E-state index in [0.717, 1.165) is 5.56 Å². The van der Waals surface area contributed by atoms with Crippen molar-refractivity contribution in [1.82, 2.24) is 0 Å². The number of halogens is 1. The van der Waals surface area contributed by atoms with Crippen LogP contribution in [0.25, 0.3) is 0 Å². The summed E-state index contributed by atoms with van der Waals surface area (Å²) >= 11 is 5.98. The molecule has 0 aliphatic carbocycles. The maximum atomic E-state index is 12.0. The molecule has 0 unspecified atom stereocenters. The van der Waals surface area contributed by atoms with Crippen molar-refractivity contribution in [3.05, 3.63) is 64.7 Å². The highest BCUT2D eigenvalue weighted by molar-refractivity contribution is 6.33. The third kappa shape index (κ3) is 3.61. The number of carbonyl (C=O) groups excluding carboxylic acids is 1. The summed E-state index contributed by atoms with van der Waals surface area (Å²) in [7, 11) is 0. The molecule has 0 atom stereocenters. The molecular weight excluding hydrogens is 274 g/mol. The summed E-state index contributed by atoms with van der Waals surface area (Å²) in [4.78, 5) is 12.0. The lowest BCUT2D eigenvalue weighted by molar-refractivity contribution is 0.102. The van der Waals surface area contributed by atoms with Gasteiger partial charge >= 0.3 is 0 Å². The zero-order chi connectivity index (χ0) is 14.4. The second kappa shape index (κ2) is 6.76. The molecule has 2 N–H and O–H groups in total. The molecule has 0 aliphatic rings. The second-order valence-corrected chi connectivity index (χ2v) is 4.38. The number of aliphatic hydroxyl groups is 1. The fourth-order valence-electron chi connectivity index (χ4n) is 1.60. The fraction of sp³-hybridized carbons (Fsp3) is 0.0625. The van der Waals surface area contributed by atoms with E-state index in [0.29, 0.717) is 16.3 Å². The smallest absolute Gasteiger partial charge is 0.255 e. The van der Waals surface area contributed by atoms with Crippen LogP contribution in [0.4, 0.5) is 5.69 Å². The Balaban J connectivity index is 2.12. The van der Waals surface area contributed by atoms with Crippen LogP contribution in [0.2, 0.25) is 5.02 Å². The lowest BCUT2D eigenvalue weighted by Crippen LogP contribution is -2.12. The molecule has 20 heavy (non-hydrogen) atoms. The topological polar surface area (TPSA) is 49.3 Å². The number of para-hydroxylation sites is 1. The van der Waals surface area contributed by atoms with Crippen LogP contribution in [0.5, 0.6) is 0 Å². The van der Waals surface area contributed by atoms with Gasteiger partial charge in [0.25, 0.3) is 5.91 Å². The van der Waals surface area contributed by atoms with E-state index in [4.69, 9.17) is 16.7 Å². The molecule has 0 bridgehead atoms. The Labute approximate surface area is 122 Å². The Hall–Kier alpha value is -2.28. The normalized spacial score (nSPS) is 9.50. The van der Waals surface area contributed by atoms with Crippen LogP contribution in [0.15, 0.2) is 48.5 Å². The highest BCUT2D eigenvalue weighted by atomic mass is 35.5. The molecule has 0 radical (unpaired) electrons. The molecular formula is C16H12ClNO2. The highest BCUT2D eigenvalue weighted by Crippen LogP contribution is 2.21. The summed E-state index contributed by atoms with van der Waals surface area (Å²) in [6.07, 6.45) is 0. The van der Waals surface area contributed by atoms with Gasteiger partial charge in [-0.05, 0) is 36.4 Å². The molecule has 0 saturated carbocycles. The number of carbonyl (C=O) groups is 1. The molecule has 0 fully saturated rings. The van der Waals surface area contributed by atoms with E-state index in [1.165, 1.54) is 0 Å². The fourth-order valence-corrected chi connectivity index (χ4v) is 1.79. The standard InChI is InChI=1S/C16H12ClNO2/c17-14-5-1-2-6-15(14)18-16(20)13-9-7-12(8-10-13)4-3-11-19/h1-2,5-10,19H,11H2,(H,18,20).